The van der Waals surface area contributed by atoms with Gasteiger partial charge in [-0.3, -0.25) is 9.59 Å². The first-order valence-corrected chi connectivity index (χ1v) is 6.59. The van der Waals surface area contributed by atoms with Crippen LogP contribution >= 0.6 is 0 Å². The fourth-order valence-electron chi connectivity index (χ4n) is 2.24. The summed E-state index contributed by atoms with van der Waals surface area (Å²) in [6.07, 6.45) is 1.67. The van der Waals surface area contributed by atoms with E-state index in [1.807, 2.05) is 0 Å². The molecule has 0 aromatic carbocycles. The second-order valence-corrected chi connectivity index (χ2v) is 4.80. The molecule has 2 heterocycles. The highest BCUT2D eigenvalue weighted by Crippen LogP contribution is 2.11. The van der Waals surface area contributed by atoms with E-state index in [1.165, 1.54) is 7.11 Å². The number of carbonyl (C=O) groups is 3. The van der Waals surface area contributed by atoms with Crippen LogP contribution in [0.5, 0.6) is 0 Å². The van der Waals surface area contributed by atoms with Crippen molar-refractivity contribution in [1.29, 1.82) is 0 Å². The molecule has 8 heteroatoms. The summed E-state index contributed by atoms with van der Waals surface area (Å²) in [4.78, 5) is 35.8. The molecular formula is C12H18N4O4. The van der Waals surface area contributed by atoms with Crippen molar-refractivity contribution >= 4 is 23.6 Å². The van der Waals surface area contributed by atoms with Crippen LogP contribution in [0.1, 0.15) is 25.7 Å². The highest BCUT2D eigenvalue weighted by Gasteiger charge is 2.26. The van der Waals surface area contributed by atoms with Crippen LogP contribution in [0.2, 0.25) is 0 Å². The van der Waals surface area contributed by atoms with Crippen molar-refractivity contribution in [3.8, 4) is 0 Å². The molecule has 2 aliphatic heterocycles. The standard InChI is InChI=1S/C12H18N4O4/c1-20-12(19)16-6-4-8(5-7-16)13-11(18)9-2-3-10(17)15-14-9/h8H,2-7H2,1H3,(H,13,18)(H,15,17). The fraction of sp³-hybridized carbons (Fsp3) is 0.667. The topological polar surface area (TPSA) is 100 Å². The van der Waals surface area contributed by atoms with Crippen LogP contribution in [0.4, 0.5) is 4.79 Å². The zero-order valence-electron chi connectivity index (χ0n) is 11.3. The van der Waals surface area contributed by atoms with Gasteiger partial charge in [0, 0.05) is 32.0 Å². The van der Waals surface area contributed by atoms with Crippen LogP contribution in [0.15, 0.2) is 5.10 Å². The Balaban J connectivity index is 1.79. The Labute approximate surface area is 116 Å². The molecule has 3 amide bonds. The van der Waals surface area contributed by atoms with Gasteiger partial charge in [0.2, 0.25) is 5.91 Å². The molecule has 2 aliphatic rings. The molecule has 0 radical (unpaired) electrons. The first kappa shape index (κ1) is 14.3. The van der Waals surface area contributed by atoms with Crippen LogP contribution in [0.25, 0.3) is 0 Å². The van der Waals surface area contributed by atoms with E-state index in [1.54, 1.807) is 4.90 Å². The zero-order chi connectivity index (χ0) is 14.5. The summed E-state index contributed by atoms with van der Waals surface area (Å²) in [6, 6.07) is 0.0173. The SMILES string of the molecule is COC(=O)N1CCC(NC(=O)C2=NNC(=O)CC2)CC1. The molecule has 2 rings (SSSR count). The first-order chi connectivity index (χ1) is 9.60. The molecule has 2 N–H and O–H groups in total. The molecule has 0 spiro atoms. The summed E-state index contributed by atoms with van der Waals surface area (Å²) in [5, 5.41) is 6.63. The molecule has 110 valence electrons. The molecule has 1 fully saturated rings. The predicted octanol–water partition coefficient (Wildman–Crippen LogP) is -0.401. The van der Waals surface area contributed by atoms with E-state index in [0.29, 0.717) is 38.1 Å². The van der Waals surface area contributed by atoms with Crippen LogP contribution in [-0.4, -0.2) is 54.8 Å². The number of nitrogens with one attached hydrogen (secondary N) is 2. The monoisotopic (exact) mass is 282 g/mol. The van der Waals surface area contributed by atoms with Crippen molar-refractivity contribution < 1.29 is 19.1 Å². The first-order valence-electron chi connectivity index (χ1n) is 6.59. The summed E-state index contributed by atoms with van der Waals surface area (Å²) >= 11 is 0. The number of hydrazone groups is 1. The highest BCUT2D eigenvalue weighted by molar-refractivity contribution is 6.39. The van der Waals surface area contributed by atoms with Crippen molar-refractivity contribution in [2.24, 2.45) is 5.10 Å². The number of amides is 3. The summed E-state index contributed by atoms with van der Waals surface area (Å²) in [5.41, 5.74) is 2.65. The quantitative estimate of drug-likeness (QED) is 0.719. The van der Waals surface area contributed by atoms with Gasteiger partial charge >= 0.3 is 6.09 Å². The van der Waals surface area contributed by atoms with Crippen molar-refractivity contribution in [3.63, 3.8) is 0 Å². The van der Waals surface area contributed by atoms with Gasteiger partial charge in [-0.2, -0.15) is 5.10 Å². The Morgan fingerprint density at radius 2 is 2.05 bits per heavy atom. The molecular weight excluding hydrogens is 264 g/mol. The minimum absolute atomic E-state index is 0.0173. The maximum absolute atomic E-state index is 11.9. The molecule has 0 aromatic rings. The smallest absolute Gasteiger partial charge is 0.409 e. The lowest BCUT2D eigenvalue weighted by Gasteiger charge is -2.31. The van der Waals surface area contributed by atoms with Crippen LogP contribution < -0.4 is 10.7 Å². The Kier molecular flexibility index (Phi) is 4.54. The van der Waals surface area contributed by atoms with Gasteiger partial charge in [-0.05, 0) is 12.8 Å². The van der Waals surface area contributed by atoms with Gasteiger partial charge in [0.1, 0.15) is 5.71 Å². The minimum Gasteiger partial charge on any atom is -0.453 e. The lowest BCUT2D eigenvalue weighted by Crippen LogP contribution is -2.48. The number of rotatable bonds is 2. The third-order valence-electron chi connectivity index (χ3n) is 3.43. The Hall–Kier alpha value is -2.12. The number of likely N-dealkylation sites (tertiary alicyclic amines) is 1. The van der Waals surface area contributed by atoms with Crippen molar-refractivity contribution in [3.05, 3.63) is 0 Å². The molecule has 0 atom stereocenters. The number of nitrogens with zero attached hydrogens (tertiary/aromatic N) is 2. The summed E-state index contributed by atoms with van der Waals surface area (Å²) < 4.78 is 4.65. The summed E-state index contributed by atoms with van der Waals surface area (Å²) in [5.74, 6) is -0.422. The van der Waals surface area contributed by atoms with Gasteiger partial charge in [0.15, 0.2) is 0 Å². The number of hydrogen-bond donors (Lipinski definition) is 2. The van der Waals surface area contributed by atoms with Crippen LogP contribution in [0, 0.1) is 0 Å². The largest absolute Gasteiger partial charge is 0.453 e. The number of piperidine rings is 1. The Bertz CT molecular complexity index is 441. The summed E-state index contributed by atoms with van der Waals surface area (Å²) in [6.45, 7) is 1.11. The van der Waals surface area contributed by atoms with E-state index >= 15 is 0 Å². The summed E-state index contributed by atoms with van der Waals surface area (Å²) in [7, 11) is 1.35. The van der Waals surface area contributed by atoms with E-state index < -0.39 is 0 Å². The fourth-order valence-corrected chi connectivity index (χ4v) is 2.24. The van der Waals surface area contributed by atoms with E-state index in [-0.39, 0.29) is 30.4 Å². The maximum Gasteiger partial charge on any atom is 0.409 e. The lowest BCUT2D eigenvalue weighted by atomic mass is 10.0. The van der Waals surface area contributed by atoms with Gasteiger partial charge in [-0.1, -0.05) is 0 Å². The van der Waals surface area contributed by atoms with Gasteiger partial charge in [0.05, 0.1) is 7.11 Å². The average molecular weight is 282 g/mol. The van der Waals surface area contributed by atoms with Crippen molar-refractivity contribution in [2.75, 3.05) is 20.2 Å². The van der Waals surface area contributed by atoms with Gasteiger partial charge in [0.25, 0.3) is 5.91 Å². The Morgan fingerprint density at radius 1 is 1.35 bits per heavy atom. The molecule has 0 saturated carbocycles. The molecule has 20 heavy (non-hydrogen) atoms. The number of methoxy groups -OCH3 is 1. The molecule has 1 saturated heterocycles. The highest BCUT2D eigenvalue weighted by atomic mass is 16.5. The minimum atomic E-state index is -0.339. The van der Waals surface area contributed by atoms with Crippen LogP contribution in [0.3, 0.4) is 0 Å². The number of carbonyl (C=O) groups excluding carboxylic acids is 3. The van der Waals surface area contributed by atoms with Gasteiger partial charge in [-0.25, -0.2) is 10.2 Å². The third kappa shape index (κ3) is 3.46. The second-order valence-electron chi connectivity index (χ2n) is 4.80. The zero-order valence-corrected chi connectivity index (χ0v) is 11.3. The predicted molar refractivity (Wildman–Crippen MR) is 70.0 cm³/mol. The van der Waals surface area contributed by atoms with Crippen LogP contribution in [-0.2, 0) is 14.3 Å². The van der Waals surface area contributed by atoms with E-state index in [9.17, 15) is 14.4 Å². The number of ether oxygens (including phenoxy) is 1. The van der Waals surface area contributed by atoms with Crippen molar-refractivity contribution in [2.45, 2.75) is 31.7 Å². The molecule has 8 nitrogen and oxygen atoms in total. The maximum atomic E-state index is 11.9. The van der Waals surface area contributed by atoms with Gasteiger partial charge in [-0.15, -0.1) is 0 Å². The van der Waals surface area contributed by atoms with Gasteiger partial charge < -0.3 is 15.0 Å². The Morgan fingerprint density at radius 3 is 2.60 bits per heavy atom. The van der Waals surface area contributed by atoms with E-state index in [0.717, 1.165) is 0 Å². The molecule has 0 aromatic heterocycles. The van der Waals surface area contributed by atoms with Crippen molar-refractivity contribution in [1.82, 2.24) is 15.6 Å². The normalized spacial score (nSPS) is 19.9. The molecule has 0 unspecified atom stereocenters. The average Bonchev–Trinajstić information content (AvgIpc) is 2.48. The van der Waals surface area contributed by atoms with E-state index in [4.69, 9.17) is 0 Å². The molecule has 0 bridgehead atoms. The molecule has 0 aliphatic carbocycles. The van der Waals surface area contributed by atoms with E-state index in [2.05, 4.69) is 20.6 Å². The lowest BCUT2D eigenvalue weighted by molar-refractivity contribution is -0.121. The number of hydrogen-bond acceptors (Lipinski definition) is 5. The second kappa shape index (κ2) is 6.36. The third-order valence-corrected chi connectivity index (χ3v) is 3.43.